The fraction of sp³-hybridized carbons (Fsp3) is 0.167. The number of nitrogens with zero attached hydrogens (tertiary/aromatic N) is 1. The molecule has 0 fully saturated rings. The van der Waals surface area contributed by atoms with Crippen LogP contribution in [0.25, 0.3) is 0 Å². The number of rotatable bonds is 3. The monoisotopic (exact) mass is 281 g/mol. The molecule has 19 heavy (non-hydrogen) atoms. The molecule has 1 aromatic carbocycles. The molecule has 0 aliphatic carbocycles. The van der Waals surface area contributed by atoms with Crippen LogP contribution in [0.5, 0.6) is 5.75 Å². The van der Waals surface area contributed by atoms with E-state index in [1.165, 1.54) is 0 Å². The molecule has 0 unspecified atom stereocenters. The lowest BCUT2D eigenvalue weighted by Crippen LogP contribution is -2.19. The van der Waals surface area contributed by atoms with Gasteiger partial charge in [-0.2, -0.15) is 0 Å². The van der Waals surface area contributed by atoms with E-state index in [1.54, 1.807) is 38.3 Å². The van der Waals surface area contributed by atoms with Gasteiger partial charge in [-0.1, -0.05) is 16.8 Å². The maximum Gasteiger partial charge on any atom is 0.324 e. The van der Waals surface area contributed by atoms with Crippen molar-refractivity contribution in [2.24, 2.45) is 0 Å². The highest BCUT2D eigenvalue weighted by atomic mass is 35.5. The molecule has 100 valence electrons. The van der Waals surface area contributed by atoms with E-state index in [0.29, 0.717) is 28.0 Å². The average Bonchev–Trinajstić information content (AvgIpc) is 2.77. The third-order valence-electron chi connectivity index (χ3n) is 2.29. The predicted octanol–water partition coefficient (Wildman–Crippen LogP) is 3.29. The second-order valence-electron chi connectivity index (χ2n) is 3.75. The largest absolute Gasteiger partial charge is 0.497 e. The Kier molecular flexibility index (Phi) is 3.91. The van der Waals surface area contributed by atoms with Gasteiger partial charge < -0.3 is 14.6 Å². The summed E-state index contributed by atoms with van der Waals surface area (Å²) in [5.74, 6) is 1.56. The zero-order valence-corrected chi connectivity index (χ0v) is 11.1. The number of carbonyl (C=O) groups is 1. The van der Waals surface area contributed by atoms with E-state index in [2.05, 4.69) is 15.8 Å². The highest BCUT2D eigenvalue weighted by molar-refractivity contribution is 6.34. The van der Waals surface area contributed by atoms with Crippen molar-refractivity contribution in [3.63, 3.8) is 0 Å². The zero-order valence-electron chi connectivity index (χ0n) is 10.4. The van der Waals surface area contributed by atoms with Gasteiger partial charge in [0.2, 0.25) is 0 Å². The number of ether oxygens (including phenoxy) is 1. The van der Waals surface area contributed by atoms with Crippen LogP contribution in [0.2, 0.25) is 5.02 Å². The molecule has 2 amide bonds. The van der Waals surface area contributed by atoms with Crippen molar-refractivity contribution in [2.75, 3.05) is 17.7 Å². The number of methoxy groups -OCH3 is 1. The number of aryl methyl sites for hydroxylation is 1. The number of aromatic nitrogens is 1. The quantitative estimate of drug-likeness (QED) is 0.905. The Balaban J connectivity index is 2.02. The number of anilines is 2. The number of hydrogen-bond acceptors (Lipinski definition) is 4. The smallest absolute Gasteiger partial charge is 0.324 e. The summed E-state index contributed by atoms with van der Waals surface area (Å²) in [5, 5.41) is 9.15. The Labute approximate surface area is 114 Å². The summed E-state index contributed by atoms with van der Waals surface area (Å²) in [4.78, 5) is 11.7. The topological polar surface area (TPSA) is 76.4 Å². The molecule has 1 heterocycles. The van der Waals surface area contributed by atoms with Gasteiger partial charge in [-0.05, 0) is 19.1 Å². The van der Waals surface area contributed by atoms with Gasteiger partial charge in [0.1, 0.15) is 11.5 Å². The first-order chi connectivity index (χ1) is 9.08. The normalized spacial score (nSPS) is 10.1. The number of urea groups is 1. The summed E-state index contributed by atoms with van der Waals surface area (Å²) in [6.45, 7) is 1.73. The Morgan fingerprint density at radius 2 is 2.16 bits per heavy atom. The molecule has 0 bridgehead atoms. The second-order valence-corrected chi connectivity index (χ2v) is 4.15. The van der Waals surface area contributed by atoms with Crippen molar-refractivity contribution in [1.29, 1.82) is 0 Å². The maximum atomic E-state index is 11.7. The molecule has 2 N–H and O–H groups in total. The van der Waals surface area contributed by atoms with E-state index in [0.717, 1.165) is 0 Å². The first-order valence-electron chi connectivity index (χ1n) is 5.43. The molecular weight excluding hydrogens is 270 g/mol. The maximum absolute atomic E-state index is 11.7. The number of amides is 2. The van der Waals surface area contributed by atoms with Gasteiger partial charge in [-0.15, -0.1) is 0 Å². The molecule has 0 spiro atoms. The molecule has 0 atom stereocenters. The van der Waals surface area contributed by atoms with Crippen molar-refractivity contribution in [3.05, 3.63) is 35.0 Å². The molecule has 0 aliphatic rings. The van der Waals surface area contributed by atoms with Crippen LogP contribution in [-0.2, 0) is 0 Å². The number of hydrogen-bond donors (Lipinski definition) is 2. The summed E-state index contributed by atoms with van der Waals surface area (Å²) < 4.78 is 9.85. The van der Waals surface area contributed by atoms with E-state index in [1.807, 2.05) is 0 Å². The van der Waals surface area contributed by atoms with Crippen molar-refractivity contribution < 1.29 is 14.1 Å². The number of carbonyl (C=O) groups excluding carboxylic acids is 1. The lowest BCUT2D eigenvalue weighted by atomic mass is 10.3. The van der Waals surface area contributed by atoms with Crippen LogP contribution in [0.4, 0.5) is 16.3 Å². The molecule has 0 aliphatic heterocycles. The van der Waals surface area contributed by atoms with Crippen LogP contribution < -0.4 is 15.4 Å². The summed E-state index contributed by atoms with van der Waals surface area (Å²) in [7, 11) is 1.54. The van der Waals surface area contributed by atoms with Crippen molar-refractivity contribution in [2.45, 2.75) is 6.92 Å². The minimum absolute atomic E-state index is 0.333. The SMILES string of the molecule is COc1ccc(NC(=O)Nc2cc(C)on2)c(Cl)c1. The van der Waals surface area contributed by atoms with Gasteiger partial charge in [-0.25, -0.2) is 4.79 Å². The van der Waals surface area contributed by atoms with Crippen molar-refractivity contribution >= 4 is 29.1 Å². The van der Waals surface area contributed by atoms with Gasteiger partial charge in [0.05, 0.1) is 17.8 Å². The van der Waals surface area contributed by atoms with Gasteiger partial charge in [0.15, 0.2) is 5.82 Å². The highest BCUT2D eigenvalue weighted by Crippen LogP contribution is 2.26. The molecule has 0 saturated heterocycles. The molecule has 2 rings (SSSR count). The highest BCUT2D eigenvalue weighted by Gasteiger charge is 2.09. The van der Waals surface area contributed by atoms with Gasteiger partial charge in [0, 0.05) is 12.1 Å². The second kappa shape index (κ2) is 5.62. The standard InChI is InChI=1S/C12H12ClN3O3/c1-7-5-11(16-19-7)15-12(17)14-10-4-3-8(18-2)6-9(10)13/h3-6H,1-2H3,(H2,14,15,16,17). The van der Waals surface area contributed by atoms with E-state index in [-0.39, 0.29) is 0 Å². The van der Waals surface area contributed by atoms with Gasteiger partial charge in [0.25, 0.3) is 0 Å². The van der Waals surface area contributed by atoms with E-state index in [4.69, 9.17) is 20.9 Å². The summed E-state index contributed by atoms with van der Waals surface area (Å²) in [6.07, 6.45) is 0. The molecule has 7 heteroatoms. The fourth-order valence-electron chi connectivity index (χ4n) is 1.42. The molecule has 6 nitrogen and oxygen atoms in total. The third kappa shape index (κ3) is 3.38. The van der Waals surface area contributed by atoms with Crippen LogP contribution in [0.3, 0.4) is 0 Å². The third-order valence-corrected chi connectivity index (χ3v) is 2.61. The minimum atomic E-state index is -0.458. The average molecular weight is 282 g/mol. The van der Waals surface area contributed by atoms with E-state index in [9.17, 15) is 4.79 Å². The Bertz CT molecular complexity index is 598. The van der Waals surface area contributed by atoms with E-state index >= 15 is 0 Å². The first-order valence-corrected chi connectivity index (χ1v) is 5.81. The van der Waals surface area contributed by atoms with Crippen LogP contribution in [-0.4, -0.2) is 18.3 Å². The Morgan fingerprint density at radius 1 is 1.37 bits per heavy atom. The Hall–Kier alpha value is -2.21. The van der Waals surface area contributed by atoms with E-state index < -0.39 is 6.03 Å². The number of benzene rings is 1. The predicted molar refractivity (Wildman–Crippen MR) is 71.9 cm³/mol. The lowest BCUT2D eigenvalue weighted by molar-refractivity contribution is 0.262. The van der Waals surface area contributed by atoms with Gasteiger partial charge in [-0.3, -0.25) is 5.32 Å². The Morgan fingerprint density at radius 3 is 2.74 bits per heavy atom. The lowest BCUT2D eigenvalue weighted by Gasteiger charge is -2.08. The molecule has 1 aromatic heterocycles. The molecular formula is C12H12ClN3O3. The summed E-state index contributed by atoms with van der Waals surface area (Å²) in [5.41, 5.74) is 0.472. The van der Waals surface area contributed by atoms with Crippen LogP contribution in [0, 0.1) is 6.92 Å². The zero-order chi connectivity index (χ0) is 13.8. The van der Waals surface area contributed by atoms with Crippen LogP contribution in [0.15, 0.2) is 28.8 Å². The van der Waals surface area contributed by atoms with Crippen LogP contribution >= 0.6 is 11.6 Å². The fourth-order valence-corrected chi connectivity index (χ4v) is 1.64. The summed E-state index contributed by atoms with van der Waals surface area (Å²) in [6, 6.07) is 6.10. The summed E-state index contributed by atoms with van der Waals surface area (Å²) >= 11 is 6.00. The number of halogens is 1. The van der Waals surface area contributed by atoms with Crippen LogP contribution in [0.1, 0.15) is 5.76 Å². The van der Waals surface area contributed by atoms with Gasteiger partial charge >= 0.3 is 6.03 Å². The van der Waals surface area contributed by atoms with Crippen molar-refractivity contribution in [1.82, 2.24) is 5.16 Å². The minimum Gasteiger partial charge on any atom is -0.497 e. The number of nitrogens with one attached hydrogen (secondary N) is 2. The van der Waals surface area contributed by atoms with Crippen molar-refractivity contribution in [3.8, 4) is 5.75 Å². The molecule has 0 radical (unpaired) electrons. The first kappa shape index (κ1) is 13.2. The molecule has 0 saturated carbocycles. The molecule has 2 aromatic rings.